The van der Waals surface area contributed by atoms with E-state index in [1.165, 1.54) is 0 Å². The minimum atomic E-state index is -0.369. The molecule has 6 heteroatoms. The molecule has 0 fully saturated rings. The fraction of sp³-hybridized carbons (Fsp3) is 0.276. The van der Waals surface area contributed by atoms with Crippen molar-refractivity contribution in [1.82, 2.24) is 9.97 Å². The van der Waals surface area contributed by atoms with E-state index in [1.54, 1.807) is 0 Å². The van der Waals surface area contributed by atoms with Crippen LogP contribution in [0.2, 0.25) is 5.02 Å². The molecular formula is C29H27Cl2N3O. The number of nitrogens with zero attached hydrogens (tertiary/aromatic N) is 3. The van der Waals surface area contributed by atoms with Crippen LogP contribution in [0.25, 0.3) is 22.0 Å². The molecule has 0 saturated heterocycles. The van der Waals surface area contributed by atoms with Gasteiger partial charge in [0, 0.05) is 23.4 Å². The molecule has 0 bridgehead atoms. The van der Waals surface area contributed by atoms with Gasteiger partial charge >= 0.3 is 0 Å². The van der Waals surface area contributed by atoms with E-state index in [0.29, 0.717) is 28.8 Å². The summed E-state index contributed by atoms with van der Waals surface area (Å²) in [5.41, 5.74) is 5.29. The normalized spacial score (nSPS) is 11.4. The molecule has 4 rings (SSSR count). The molecule has 0 saturated carbocycles. The van der Waals surface area contributed by atoms with E-state index in [2.05, 4.69) is 79.3 Å². The third kappa shape index (κ3) is 5.27. The Hall–Kier alpha value is -3.13. The first-order valence-electron chi connectivity index (χ1n) is 11.7. The van der Waals surface area contributed by atoms with Crippen LogP contribution >= 0.6 is 23.2 Å². The number of rotatable bonds is 8. The summed E-state index contributed by atoms with van der Waals surface area (Å²) in [6, 6.07) is 20.7. The van der Waals surface area contributed by atoms with Gasteiger partial charge in [0.1, 0.15) is 18.5 Å². The van der Waals surface area contributed by atoms with Crippen LogP contribution in [0.5, 0.6) is 5.75 Å². The van der Waals surface area contributed by atoms with Gasteiger partial charge in [-0.1, -0.05) is 62.7 Å². The highest BCUT2D eigenvalue weighted by Crippen LogP contribution is 2.39. The van der Waals surface area contributed by atoms with Gasteiger partial charge in [-0.3, -0.25) is 0 Å². The number of nitriles is 1. The maximum absolute atomic E-state index is 9.65. The van der Waals surface area contributed by atoms with E-state index < -0.39 is 0 Å². The van der Waals surface area contributed by atoms with E-state index in [4.69, 9.17) is 27.9 Å². The Kier molecular flexibility index (Phi) is 7.60. The molecule has 0 aliphatic rings. The third-order valence-corrected chi connectivity index (χ3v) is 6.69. The molecule has 0 spiro atoms. The lowest BCUT2D eigenvalue weighted by molar-refractivity contribution is 0.341. The largest absolute Gasteiger partial charge is 0.489 e. The molecule has 1 heterocycles. The molecular weight excluding hydrogens is 477 g/mol. The Morgan fingerprint density at radius 2 is 1.74 bits per heavy atom. The van der Waals surface area contributed by atoms with Gasteiger partial charge in [0.05, 0.1) is 22.0 Å². The average molecular weight is 504 g/mol. The highest BCUT2D eigenvalue weighted by atomic mass is 35.5. The van der Waals surface area contributed by atoms with Gasteiger partial charge in [-0.05, 0) is 52.9 Å². The van der Waals surface area contributed by atoms with Crippen molar-refractivity contribution in [3.63, 3.8) is 0 Å². The molecule has 0 amide bonds. The second-order valence-corrected chi connectivity index (χ2v) is 9.78. The van der Waals surface area contributed by atoms with E-state index in [-0.39, 0.29) is 5.41 Å². The molecule has 0 aliphatic heterocycles. The van der Waals surface area contributed by atoms with Crippen molar-refractivity contribution in [2.24, 2.45) is 0 Å². The predicted octanol–water partition coefficient (Wildman–Crippen LogP) is 7.72. The van der Waals surface area contributed by atoms with Crippen molar-refractivity contribution in [2.75, 3.05) is 12.5 Å². The number of benzene rings is 3. The van der Waals surface area contributed by atoms with Crippen LogP contribution in [0.15, 0.2) is 60.8 Å². The third-order valence-electron chi connectivity index (χ3n) is 6.25. The Bertz CT molecular complexity index is 1390. The van der Waals surface area contributed by atoms with Crippen molar-refractivity contribution in [3.8, 4) is 22.9 Å². The summed E-state index contributed by atoms with van der Waals surface area (Å²) in [4.78, 5) is 9.16. The zero-order chi connectivity index (χ0) is 25.0. The van der Waals surface area contributed by atoms with Crippen molar-refractivity contribution < 1.29 is 4.74 Å². The van der Waals surface area contributed by atoms with Gasteiger partial charge in [0.15, 0.2) is 5.75 Å². The number of hydrogen-bond acceptors (Lipinski definition) is 4. The lowest BCUT2D eigenvalue weighted by atomic mass is 9.77. The lowest BCUT2D eigenvalue weighted by Gasteiger charge is -2.27. The van der Waals surface area contributed by atoms with Crippen LogP contribution in [0.1, 0.15) is 49.7 Å². The number of aryl methyl sites for hydroxylation is 1. The molecule has 0 N–H and O–H groups in total. The summed E-state index contributed by atoms with van der Waals surface area (Å²) < 4.78 is 5.60. The van der Waals surface area contributed by atoms with Gasteiger partial charge in [0.25, 0.3) is 0 Å². The van der Waals surface area contributed by atoms with Crippen LogP contribution < -0.4 is 4.74 Å². The van der Waals surface area contributed by atoms with E-state index in [9.17, 15) is 5.26 Å². The van der Waals surface area contributed by atoms with Gasteiger partial charge in [0.2, 0.25) is 0 Å². The van der Waals surface area contributed by atoms with Crippen molar-refractivity contribution in [2.45, 2.75) is 39.0 Å². The summed E-state index contributed by atoms with van der Waals surface area (Å²) in [6.07, 6.45) is 3.83. The topological polar surface area (TPSA) is 58.8 Å². The highest BCUT2D eigenvalue weighted by Gasteiger charge is 2.26. The monoisotopic (exact) mass is 503 g/mol. The standard InChI is InChI=1S/C29H27Cl2N3O/c1-4-5-27-33-18-22-14-20(8-11-26(22)34-27)19-6-9-23(10-7-19)29(2,3)24-15-21(17-32)28(25(31)16-24)35-13-12-30/h6-11,14-16,18H,4-5,12-13H2,1-3H3. The van der Waals surface area contributed by atoms with E-state index >= 15 is 0 Å². The molecule has 0 radical (unpaired) electrons. The summed E-state index contributed by atoms with van der Waals surface area (Å²) in [6.45, 7) is 6.66. The fourth-order valence-electron chi connectivity index (χ4n) is 4.17. The number of ether oxygens (including phenoxy) is 1. The predicted molar refractivity (Wildman–Crippen MR) is 143 cm³/mol. The Labute approximate surface area is 216 Å². The summed E-state index contributed by atoms with van der Waals surface area (Å²) in [5.74, 6) is 1.59. The zero-order valence-electron chi connectivity index (χ0n) is 20.1. The number of halogens is 2. The maximum Gasteiger partial charge on any atom is 0.155 e. The van der Waals surface area contributed by atoms with Crippen molar-refractivity contribution in [1.29, 1.82) is 5.26 Å². The molecule has 3 aromatic carbocycles. The van der Waals surface area contributed by atoms with Crippen LogP contribution in [-0.4, -0.2) is 22.5 Å². The molecule has 1 aromatic heterocycles. The van der Waals surface area contributed by atoms with Crippen LogP contribution in [-0.2, 0) is 11.8 Å². The second-order valence-electron chi connectivity index (χ2n) is 9.00. The smallest absolute Gasteiger partial charge is 0.155 e. The van der Waals surface area contributed by atoms with Crippen LogP contribution in [0.3, 0.4) is 0 Å². The first-order chi connectivity index (χ1) is 16.9. The van der Waals surface area contributed by atoms with Gasteiger partial charge in [-0.15, -0.1) is 11.6 Å². The number of hydrogen-bond donors (Lipinski definition) is 0. The minimum Gasteiger partial charge on any atom is -0.489 e. The fourth-order valence-corrected chi connectivity index (χ4v) is 4.52. The summed E-state index contributed by atoms with van der Waals surface area (Å²) in [7, 11) is 0. The lowest BCUT2D eigenvalue weighted by Crippen LogP contribution is -2.19. The molecule has 35 heavy (non-hydrogen) atoms. The molecule has 4 nitrogen and oxygen atoms in total. The number of aromatic nitrogens is 2. The SMILES string of the molecule is CCCc1ncc2cc(-c3ccc(C(C)(C)c4cc(Cl)c(OCCCl)c(C#N)c4)cc3)ccc2n1. The molecule has 4 aromatic rings. The van der Waals surface area contributed by atoms with Crippen LogP contribution in [0.4, 0.5) is 0 Å². The number of alkyl halides is 1. The minimum absolute atomic E-state index is 0.293. The molecule has 178 valence electrons. The van der Waals surface area contributed by atoms with Gasteiger partial charge < -0.3 is 4.74 Å². The maximum atomic E-state index is 9.65. The summed E-state index contributed by atoms with van der Waals surface area (Å²) >= 11 is 12.2. The first kappa shape index (κ1) is 25.0. The quantitative estimate of drug-likeness (QED) is 0.231. The Balaban J connectivity index is 1.63. The van der Waals surface area contributed by atoms with E-state index in [0.717, 1.165) is 51.8 Å². The second kappa shape index (κ2) is 10.6. The van der Waals surface area contributed by atoms with Gasteiger partial charge in [-0.2, -0.15) is 5.26 Å². The Morgan fingerprint density at radius 1 is 1.00 bits per heavy atom. The van der Waals surface area contributed by atoms with Crippen LogP contribution in [0, 0.1) is 11.3 Å². The molecule has 0 aliphatic carbocycles. The number of fused-ring (bicyclic) bond motifs is 1. The average Bonchev–Trinajstić information content (AvgIpc) is 2.87. The highest BCUT2D eigenvalue weighted by molar-refractivity contribution is 6.32. The van der Waals surface area contributed by atoms with Gasteiger partial charge in [-0.25, -0.2) is 9.97 Å². The summed E-state index contributed by atoms with van der Waals surface area (Å²) in [5, 5.41) is 11.1. The van der Waals surface area contributed by atoms with Crippen molar-refractivity contribution >= 4 is 34.1 Å². The molecule has 0 atom stereocenters. The Morgan fingerprint density at radius 3 is 2.43 bits per heavy atom. The first-order valence-corrected chi connectivity index (χ1v) is 12.6. The van der Waals surface area contributed by atoms with E-state index in [1.807, 2.05) is 18.3 Å². The molecule has 0 unspecified atom stereocenters. The zero-order valence-corrected chi connectivity index (χ0v) is 21.6. The van der Waals surface area contributed by atoms with Crippen molar-refractivity contribution in [3.05, 3.63) is 88.3 Å².